The molecule has 1 aliphatic carbocycles. The van der Waals surface area contributed by atoms with Crippen LogP contribution >= 0.6 is 0 Å². The number of aliphatic imine (C=N–C) groups is 1. The standard InChI is InChI=1S/C20H31N3O3S/c1-27(25,26)14-13-23-11-9-16(10-12-23)19-17(20(21)24)7-8-18(22-19)15-5-3-2-4-6-15/h5,8,16-17H,2-4,6-7,9-14H2,1H3,(H2,21,24). The second-order valence-corrected chi connectivity index (χ2v) is 10.3. The van der Waals surface area contributed by atoms with Crippen LogP contribution in [0.3, 0.4) is 0 Å². The summed E-state index contributed by atoms with van der Waals surface area (Å²) < 4.78 is 22.8. The molecule has 1 atom stereocenters. The second-order valence-electron chi connectivity index (χ2n) is 8.04. The molecular formula is C20H31N3O3S. The third-order valence-electron chi connectivity index (χ3n) is 5.90. The van der Waals surface area contributed by atoms with Gasteiger partial charge in [0.15, 0.2) is 0 Å². The molecule has 0 aromatic carbocycles. The summed E-state index contributed by atoms with van der Waals surface area (Å²) in [4.78, 5) is 19.1. The van der Waals surface area contributed by atoms with E-state index in [4.69, 9.17) is 10.7 Å². The molecule has 1 amide bonds. The predicted octanol–water partition coefficient (Wildman–Crippen LogP) is 2.07. The third-order valence-corrected chi connectivity index (χ3v) is 6.83. The fourth-order valence-corrected chi connectivity index (χ4v) is 4.86. The Morgan fingerprint density at radius 1 is 1.26 bits per heavy atom. The van der Waals surface area contributed by atoms with E-state index in [1.54, 1.807) is 0 Å². The van der Waals surface area contributed by atoms with Crippen molar-refractivity contribution in [2.45, 2.75) is 44.9 Å². The van der Waals surface area contributed by atoms with E-state index in [2.05, 4.69) is 17.1 Å². The van der Waals surface area contributed by atoms with Crippen molar-refractivity contribution in [1.82, 2.24) is 4.90 Å². The number of sulfone groups is 1. The zero-order chi connectivity index (χ0) is 19.4. The molecule has 1 saturated heterocycles. The van der Waals surface area contributed by atoms with Gasteiger partial charge in [-0.15, -0.1) is 0 Å². The van der Waals surface area contributed by atoms with Gasteiger partial charge in [0.05, 0.1) is 17.4 Å². The zero-order valence-corrected chi connectivity index (χ0v) is 17.0. The van der Waals surface area contributed by atoms with Crippen LogP contribution in [0.25, 0.3) is 0 Å². The first-order valence-electron chi connectivity index (χ1n) is 10.0. The van der Waals surface area contributed by atoms with Gasteiger partial charge in [-0.1, -0.05) is 12.2 Å². The number of allylic oxidation sites excluding steroid dienone is 3. The molecule has 1 fully saturated rings. The molecule has 150 valence electrons. The first-order chi connectivity index (χ1) is 12.8. The van der Waals surface area contributed by atoms with Crippen LogP contribution in [0.15, 0.2) is 28.4 Å². The van der Waals surface area contributed by atoms with Crippen LogP contribution in [0.5, 0.6) is 0 Å². The van der Waals surface area contributed by atoms with Crippen molar-refractivity contribution >= 4 is 21.5 Å². The molecule has 0 bridgehead atoms. The maximum atomic E-state index is 12.0. The number of hydrogen-bond acceptors (Lipinski definition) is 5. The molecule has 0 aromatic heterocycles. The van der Waals surface area contributed by atoms with E-state index in [1.807, 2.05) is 0 Å². The maximum absolute atomic E-state index is 12.0. The number of primary amides is 1. The van der Waals surface area contributed by atoms with E-state index < -0.39 is 9.84 Å². The van der Waals surface area contributed by atoms with E-state index >= 15 is 0 Å². The fourth-order valence-electron chi connectivity index (χ4n) is 4.27. The largest absolute Gasteiger partial charge is 0.369 e. The number of carbonyl (C=O) groups is 1. The molecule has 3 aliphatic rings. The van der Waals surface area contributed by atoms with E-state index in [0.29, 0.717) is 13.0 Å². The van der Waals surface area contributed by atoms with Crippen LogP contribution in [0, 0.1) is 11.8 Å². The normalized spacial score (nSPS) is 25.5. The average Bonchev–Trinajstić information content (AvgIpc) is 2.66. The van der Waals surface area contributed by atoms with Gasteiger partial charge in [0.25, 0.3) is 0 Å². The van der Waals surface area contributed by atoms with E-state index in [0.717, 1.165) is 50.2 Å². The second kappa shape index (κ2) is 8.69. The summed E-state index contributed by atoms with van der Waals surface area (Å²) in [6.07, 6.45) is 12.7. The smallest absolute Gasteiger partial charge is 0.226 e. The van der Waals surface area contributed by atoms with Crippen molar-refractivity contribution in [3.05, 3.63) is 23.4 Å². The molecule has 2 aliphatic heterocycles. The Morgan fingerprint density at radius 2 is 2.00 bits per heavy atom. The minimum atomic E-state index is -2.94. The molecule has 0 saturated carbocycles. The highest BCUT2D eigenvalue weighted by molar-refractivity contribution is 7.90. The minimum absolute atomic E-state index is 0.198. The van der Waals surface area contributed by atoms with Gasteiger partial charge in [0, 0.05) is 24.4 Å². The van der Waals surface area contributed by atoms with E-state index in [9.17, 15) is 13.2 Å². The summed E-state index contributed by atoms with van der Waals surface area (Å²) >= 11 is 0. The van der Waals surface area contributed by atoms with Crippen LogP contribution in [-0.4, -0.2) is 56.6 Å². The number of nitrogens with two attached hydrogens (primary N) is 1. The highest BCUT2D eigenvalue weighted by Crippen LogP contribution is 2.33. The van der Waals surface area contributed by atoms with Crippen molar-refractivity contribution in [1.29, 1.82) is 0 Å². The summed E-state index contributed by atoms with van der Waals surface area (Å²) in [6.45, 7) is 2.26. The number of piperidine rings is 1. The molecule has 6 nitrogen and oxygen atoms in total. The van der Waals surface area contributed by atoms with Crippen LogP contribution in [0.4, 0.5) is 0 Å². The Labute approximate surface area is 162 Å². The van der Waals surface area contributed by atoms with Crippen LogP contribution in [0.1, 0.15) is 44.9 Å². The quantitative estimate of drug-likeness (QED) is 0.748. The Balaban J connectivity index is 1.68. The van der Waals surface area contributed by atoms with Crippen LogP contribution in [-0.2, 0) is 14.6 Å². The van der Waals surface area contributed by atoms with E-state index in [1.165, 1.54) is 24.7 Å². The summed E-state index contributed by atoms with van der Waals surface area (Å²) in [5.74, 6) is -0.139. The van der Waals surface area contributed by atoms with Crippen molar-refractivity contribution in [2.24, 2.45) is 22.6 Å². The van der Waals surface area contributed by atoms with Gasteiger partial charge in [0.1, 0.15) is 9.84 Å². The average molecular weight is 394 g/mol. The third kappa shape index (κ3) is 5.51. The van der Waals surface area contributed by atoms with Gasteiger partial charge >= 0.3 is 0 Å². The summed E-state index contributed by atoms with van der Waals surface area (Å²) in [7, 11) is -2.94. The molecule has 2 heterocycles. The predicted molar refractivity (Wildman–Crippen MR) is 108 cm³/mol. The summed E-state index contributed by atoms with van der Waals surface area (Å²) in [5.41, 5.74) is 8.98. The maximum Gasteiger partial charge on any atom is 0.226 e. The number of nitrogens with zero attached hydrogens (tertiary/aromatic N) is 2. The molecule has 0 spiro atoms. The van der Waals surface area contributed by atoms with Gasteiger partial charge in [-0.3, -0.25) is 9.79 Å². The van der Waals surface area contributed by atoms with Gasteiger partial charge in [-0.2, -0.15) is 0 Å². The summed E-state index contributed by atoms with van der Waals surface area (Å²) in [6, 6.07) is 0. The van der Waals surface area contributed by atoms with Crippen molar-refractivity contribution in [3.8, 4) is 0 Å². The first kappa shape index (κ1) is 20.3. The number of likely N-dealkylation sites (tertiary alicyclic amines) is 1. The summed E-state index contributed by atoms with van der Waals surface area (Å²) in [5, 5.41) is 0. The fraction of sp³-hybridized carbons (Fsp3) is 0.700. The first-order valence-corrected chi connectivity index (χ1v) is 12.1. The van der Waals surface area contributed by atoms with Crippen molar-refractivity contribution in [2.75, 3.05) is 31.6 Å². The Hall–Kier alpha value is -1.47. The lowest BCUT2D eigenvalue weighted by Crippen LogP contribution is -2.43. The molecule has 0 aromatic rings. The Kier molecular flexibility index (Phi) is 6.52. The number of rotatable bonds is 6. The molecule has 3 rings (SSSR count). The monoisotopic (exact) mass is 393 g/mol. The highest BCUT2D eigenvalue weighted by atomic mass is 32.2. The van der Waals surface area contributed by atoms with Crippen molar-refractivity contribution < 1.29 is 13.2 Å². The molecule has 2 N–H and O–H groups in total. The topological polar surface area (TPSA) is 92.8 Å². The van der Waals surface area contributed by atoms with Crippen LogP contribution < -0.4 is 5.73 Å². The van der Waals surface area contributed by atoms with Crippen molar-refractivity contribution in [3.63, 3.8) is 0 Å². The van der Waals surface area contributed by atoms with Crippen LogP contribution in [0.2, 0.25) is 0 Å². The number of carbonyl (C=O) groups excluding carboxylic acids is 1. The van der Waals surface area contributed by atoms with Gasteiger partial charge in [0.2, 0.25) is 5.91 Å². The lowest BCUT2D eigenvalue weighted by atomic mass is 9.81. The molecule has 0 radical (unpaired) electrons. The van der Waals surface area contributed by atoms with E-state index in [-0.39, 0.29) is 23.5 Å². The molecule has 27 heavy (non-hydrogen) atoms. The number of hydrogen-bond donors (Lipinski definition) is 1. The van der Waals surface area contributed by atoms with Gasteiger partial charge in [-0.05, 0) is 63.6 Å². The molecular weight excluding hydrogens is 362 g/mol. The Morgan fingerprint density at radius 3 is 2.59 bits per heavy atom. The molecule has 1 unspecified atom stereocenters. The lowest BCUT2D eigenvalue weighted by molar-refractivity contribution is -0.119. The number of amides is 1. The molecule has 7 heteroatoms. The zero-order valence-electron chi connectivity index (χ0n) is 16.2. The van der Waals surface area contributed by atoms with Gasteiger partial charge in [-0.25, -0.2) is 8.42 Å². The minimum Gasteiger partial charge on any atom is -0.369 e. The highest BCUT2D eigenvalue weighted by Gasteiger charge is 2.33. The SMILES string of the molecule is CS(=O)(=O)CCN1CCC(C2=NC(C3=CCCCC3)=CCC2C(N)=O)CC1. The lowest BCUT2D eigenvalue weighted by Gasteiger charge is -2.35. The Bertz CT molecular complexity index is 759. The van der Waals surface area contributed by atoms with Gasteiger partial charge < -0.3 is 10.6 Å².